The van der Waals surface area contributed by atoms with E-state index in [4.69, 9.17) is 4.42 Å². The molecule has 18 heavy (non-hydrogen) atoms. The highest BCUT2D eigenvalue weighted by Crippen LogP contribution is 2.15. The minimum atomic E-state index is 0.289. The largest absolute Gasteiger partial charge is 0.444 e. The van der Waals surface area contributed by atoms with Gasteiger partial charge >= 0.3 is 0 Å². The maximum atomic E-state index is 5.55. The molecule has 0 aliphatic rings. The third kappa shape index (κ3) is 2.99. The molecular formula is C15H20N2O. The van der Waals surface area contributed by atoms with Gasteiger partial charge in [-0.25, -0.2) is 4.98 Å². The van der Waals surface area contributed by atoms with Gasteiger partial charge in [-0.1, -0.05) is 29.8 Å². The Morgan fingerprint density at radius 3 is 2.67 bits per heavy atom. The van der Waals surface area contributed by atoms with Crippen LogP contribution in [-0.4, -0.2) is 4.98 Å². The van der Waals surface area contributed by atoms with Crippen LogP contribution in [0.1, 0.15) is 41.4 Å². The van der Waals surface area contributed by atoms with Gasteiger partial charge in [0.2, 0.25) is 5.89 Å². The van der Waals surface area contributed by atoms with Crippen LogP contribution in [-0.2, 0) is 6.54 Å². The van der Waals surface area contributed by atoms with E-state index >= 15 is 0 Å². The van der Waals surface area contributed by atoms with Crippen molar-refractivity contribution in [2.24, 2.45) is 0 Å². The Labute approximate surface area is 108 Å². The summed E-state index contributed by atoms with van der Waals surface area (Å²) in [4.78, 5) is 4.36. The first kappa shape index (κ1) is 12.8. The number of benzene rings is 1. The van der Waals surface area contributed by atoms with Gasteiger partial charge in [0, 0.05) is 6.04 Å². The SMILES string of the molecule is Cc1cccc([C@H](C)NCc2nc(C)c(C)o2)c1. The van der Waals surface area contributed by atoms with Crippen molar-refractivity contribution >= 4 is 0 Å². The second kappa shape index (κ2) is 5.36. The first-order valence-electron chi connectivity index (χ1n) is 6.29. The molecule has 0 fully saturated rings. The van der Waals surface area contributed by atoms with Crippen LogP contribution in [0.2, 0.25) is 0 Å². The summed E-state index contributed by atoms with van der Waals surface area (Å²) in [6.07, 6.45) is 0. The molecule has 2 rings (SSSR count). The molecule has 3 heteroatoms. The highest BCUT2D eigenvalue weighted by atomic mass is 16.4. The first-order chi connectivity index (χ1) is 8.56. The van der Waals surface area contributed by atoms with E-state index in [2.05, 4.69) is 48.4 Å². The minimum Gasteiger partial charge on any atom is -0.444 e. The van der Waals surface area contributed by atoms with Crippen LogP contribution < -0.4 is 5.32 Å². The monoisotopic (exact) mass is 244 g/mol. The summed E-state index contributed by atoms with van der Waals surface area (Å²) < 4.78 is 5.55. The quantitative estimate of drug-likeness (QED) is 0.895. The second-order valence-electron chi connectivity index (χ2n) is 4.77. The van der Waals surface area contributed by atoms with E-state index in [9.17, 15) is 0 Å². The van der Waals surface area contributed by atoms with E-state index in [1.807, 2.05) is 13.8 Å². The standard InChI is InChI=1S/C15H20N2O/c1-10-6-5-7-14(8-10)12(3)16-9-15-17-11(2)13(4)18-15/h5-8,12,16H,9H2,1-4H3/t12-/m0/s1. The number of rotatable bonds is 4. The molecular weight excluding hydrogens is 224 g/mol. The molecule has 1 aromatic heterocycles. The molecule has 0 saturated heterocycles. The normalized spacial score (nSPS) is 12.7. The third-order valence-corrected chi connectivity index (χ3v) is 3.17. The van der Waals surface area contributed by atoms with E-state index in [0.717, 1.165) is 17.3 Å². The van der Waals surface area contributed by atoms with Crippen molar-refractivity contribution in [1.29, 1.82) is 0 Å². The molecule has 0 bridgehead atoms. The smallest absolute Gasteiger partial charge is 0.208 e. The van der Waals surface area contributed by atoms with Crippen LogP contribution in [0.3, 0.4) is 0 Å². The van der Waals surface area contributed by atoms with Crippen LogP contribution in [0.4, 0.5) is 0 Å². The van der Waals surface area contributed by atoms with E-state index in [-0.39, 0.29) is 6.04 Å². The predicted octanol–water partition coefficient (Wildman–Crippen LogP) is 3.45. The summed E-state index contributed by atoms with van der Waals surface area (Å²) in [5.41, 5.74) is 3.54. The van der Waals surface area contributed by atoms with E-state index in [1.54, 1.807) is 0 Å². The maximum Gasteiger partial charge on any atom is 0.208 e. The molecule has 0 spiro atoms. The maximum absolute atomic E-state index is 5.55. The van der Waals surface area contributed by atoms with Gasteiger partial charge in [-0.3, -0.25) is 0 Å². The first-order valence-corrected chi connectivity index (χ1v) is 6.29. The lowest BCUT2D eigenvalue weighted by Gasteiger charge is -2.13. The van der Waals surface area contributed by atoms with Gasteiger partial charge in [0.1, 0.15) is 5.76 Å². The van der Waals surface area contributed by atoms with Crippen molar-refractivity contribution in [1.82, 2.24) is 10.3 Å². The van der Waals surface area contributed by atoms with Gasteiger partial charge in [0.05, 0.1) is 12.2 Å². The topological polar surface area (TPSA) is 38.1 Å². The highest BCUT2D eigenvalue weighted by molar-refractivity contribution is 5.24. The molecule has 1 heterocycles. The zero-order valence-electron chi connectivity index (χ0n) is 11.4. The average Bonchev–Trinajstić information content (AvgIpc) is 2.66. The van der Waals surface area contributed by atoms with E-state index in [1.165, 1.54) is 11.1 Å². The molecule has 0 saturated carbocycles. The molecule has 1 atom stereocenters. The Morgan fingerprint density at radius 1 is 1.28 bits per heavy atom. The van der Waals surface area contributed by atoms with Crippen molar-refractivity contribution in [3.05, 3.63) is 52.7 Å². The van der Waals surface area contributed by atoms with Crippen LogP contribution in [0.15, 0.2) is 28.7 Å². The Bertz CT molecular complexity index is 512. The van der Waals surface area contributed by atoms with Crippen molar-refractivity contribution < 1.29 is 4.42 Å². The molecule has 1 N–H and O–H groups in total. The Balaban J connectivity index is 1.98. The molecule has 0 aliphatic carbocycles. The van der Waals surface area contributed by atoms with Crippen LogP contribution in [0, 0.1) is 20.8 Å². The number of aromatic nitrogens is 1. The third-order valence-electron chi connectivity index (χ3n) is 3.17. The van der Waals surface area contributed by atoms with E-state index in [0.29, 0.717) is 6.54 Å². The number of aryl methyl sites for hydroxylation is 3. The summed E-state index contributed by atoms with van der Waals surface area (Å²) >= 11 is 0. The van der Waals surface area contributed by atoms with E-state index < -0.39 is 0 Å². The van der Waals surface area contributed by atoms with Gasteiger partial charge < -0.3 is 9.73 Å². The lowest BCUT2D eigenvalue weighted by Crippen LogP contribution is -2.18. The number of oxazole rings is 1. The molecule has 2 aromatic rings. The number of nitrogens with one attached hydrogen (secondary N) is 1. The zero-order valence-corrected chi connectivity index (χ0v) is 11.4. The molecule has 0 amide bonds. The van der Waals surface area contributed by atoms with Crippen LogP contribution >= 0.6 is 0 Å². The Morgan fingerprint density at radius 2 is 2.06 bits per heavy atom. The summed E-state index contributed by atoms with van der Waals surface area (Å²) in [5.74, 6) is 1.65. The molecule has 0 aliphatic heterocycles. The van der Waals surface area contributed by atoms with Crippen LogP contribution in [0.25, 0.3) is 0 Å². The summed E-state index contributed by atoms with van der Waals surface area (Å²) in [5, 5.41) is 3.43. The molecule has 0 radical (unpaired) electrons. The Hall–Kier alpha value is -1.61. The molecule has 3 nitrogen and oxygen atoms in total. The molecule has 0 unspecified atom stereocenters. The minimum absolute atomic E-state index is 0.289. The zero-order chi connectivity index (χ0) is 13.1. The lowest BCUT2D eigenvalue weighted by atomic mass is 10.1. The van der Waals surface area contributed by atoms with Crippen molar-refractivity contribution in [2.45, 2.75) is 40.3 Å². The fourth-order valence-electron chi connectivity index (χ4n) is 1.91. The van der Waals surface area contributed by atoms with Gasteiger partial charge in [-0.2, -0.15) is 0 Å². The van der Waals surface area contributed by atoms with Gasteiger partial charge in [-0.05, 0) is 33.3 Å². The number of nitrogens with zero attached hydrogens (tertiary/aromatic N) is 1. The molecule has 96 valence electrons. The highest BCUT2D eigenvalue weighted by Gasteiger charge is 2.08. The lowest BCUT2D eigenvalue weighted by molar-refractivity contribution is 0.432. The van der Waals surface area contributed by atoms with Gasteiger partial charge in [0.15, 0.2) is 0 Å². The average molecular weight is 244 g/mol. The summed E-state index contributed by atoms with van der Waals surface area (Å²) in [6, 6.07) is 8.82. The van der Waals surface area contributed by atoms with Gasteiger partial charge in [0.25, 0.3) is 0 Å². The fourth-order valence-corrected chi connectivity index (χ4v) is 1.91. The number of hydrogen-bond acceptors (Lipinski definition) is 3. The van der Waals surface area contributed by atoms with Crippen molar-refractivity contribution in [3.8, 4) is 0 Å². The predicted molar refractivity (Wildman–Crippen MR) is 72.4 cm³/mol. The van der Waals surface area contributed by atoms with Crippen molar-refractivity contribution in [3.63, 3.8) is 0 Å². The summed E-state index contributed by atoms with van der Waals surface area (Å²) in [7, 11) is 0. The Kier molecular flexibility index (Phi) is 3.82. The number of hydrogen-bond donors (Lipinski definition) is 1. The van der Waals surface area contributed by atoms with Gasteiger partial charge in [-0.15, -0.1) is 0 Å². The summed E-state index contributed by atoms with van der Waals surface area (Å²) in [6.45, 7) is 8.82. The fraction of sp³-hybridized carbons (Fsp3) is 0.400. The van der Waals surface area contributed by atoms with Crippen molar-refractivity contribution in [2.75, 3.05) is 0 Å². The van der Waals surface area contributed by atoms with Crippen LogP contribution in [0.5, 0.6) is 0 Å². The second-order valence-corrected chi connectivity index (χ2v) is 4.77. The molecule has 1 aromatic carbocycles.